The van der Waals surface area contributed by atoms with Crippen LogP contribution >= 0.6 is 11.6 Å². The Kier molecular flexibility index (Phi) is 2.72. The molecule has 2 N–H and O–H groups in total. The summed E-state index contributed by atoms with van der Waals surface area (Å²) in [5.41, 5.74) is 1.02. The van der Waals surface area contributed by atoms with Crippen LogP contribution in [0.1, 0.15) is 16.8 Å². The van der Waals surface area contributed by atoms with Gasteiger partial charge in [-0.3, -0.25) is 14.2 Å². The Bertz CT molecular complexity index is 805. The number of aromatic nitrogens is 2. The van der Waals surface area contributed by atoms with Crippen LogP contribution < -0.4 is 5.69 Å². The zero-order valence-corrected chi connectivity index (χ0v) is 11.3. The molecule has 3 rings (SSSR count). The summed E-state index contributed by atoms with van der Waals surface area (Å²) in [4.78, 5) is 37.2. The number of carboxylic acid groups (broad SMARTS) is 1. The third kappa shape index (κ3) is 1.84. The maximum absolute atomic E-state index is 12.2. The number of nitrogens with one attached hydrogen (secondary N) is 1. The molecule has 0 spiro atoms. The number of ketones is 1. The lowest BCUT2D eigenvalue weighted by molar-refractivity contribution is -0.138. The molecule has 0 saturated heterocycles. The van der Waals surface area contributed by atoms with Crippen molar-refractivity contribution in [3.8, 4) is 0 Å². The number of carboxylic acids is 1. The molecule has 0 unspecified atom stereocenters. The Hall–Kier alpha value is -2.08. The highest BCUT2D eigenvalue weighted by Gasteiger charge is 2.48. The maximum Gasteiger partial charge on any atom is 0.326 e. The molecule has 1 aromatic heterocycles. The van der Waals surface area contributed by atoms with Crippen LogP contribution in [-0.2, 0) is 11.8 Å². The molecule has 2 atom stereocenters. The van der Waals surface area contributed by atoms with Gasteiger partial charge in [0.05, 0.1) is 22.0 Å². The molecule has 0 radical (unpaired) electrons. The summed E-state index contributed by atoms with van der Waals surface area (Å²) >= 11 is 6.06. The summed E-state index contributed by atoms with van der Waals surface area (Å²) in [6.07, 6.45) is 0.357. The first-order chi connectivity index (χ1) is 9.40. The molecule has 1 saturated carbocycles. The van der Waals surface area contributed by atoms with Gasteiger partial charge in [0.2, 0.25) is 0 Å². The number of halogens is 1. The second kappa shape index (κ2) is 4.21. The van der Waals surface area contributed by atoms with Crippen molar-refractivity contribution in [3.05, 3.63) is 33.2 Å². The lowest BCUT2D eigenvalue weighted by Gasteiger charge is -2.03. The summed E-state index contributed by atoms with van der Waals surface area (Å²) in [5.74, 6) is -2.29. The highest BCUT2D eigenvalue weighted by molar-refractivity contribution is 6.35. The van der Waals surface area contributed by atoms with Gasteiger partial charge < -0.3 is 10.1 Å². The first-order valence-electron chi connectivity index (χ1n) is 6.05. The van der Waals surface area contributed by atoms with Crippen LogP contribution in [0.2, 0.25) is 5.02 Å². The molecular weight excluding hydrogens is 284 g/mol. The highest BCUT2D eigenvalue weighted by Crippen LogP contribution is 2.41. The van der Waals surface area contributed by atoms with Crippen LogP contribution in [0.5, 0.6) is 0 Å². The van der Waals surface area contributed by atoms with E-state index in [0.29, 0.717) is 23.0 Å². The van der Waals surface area contributed by atoms with Crippen LogP contribution in [-0.4, -0.2) is 26.4 Å². The van der Waals surface area contributed by atoms with E-state index in [1.54, 1.807) is 13.1 Å². The molecular formula is C13H11ClN2O4. The fourth-order valence-electron chi connectivity index (χ4n) is 2.39. The average Bonchev–Trinajstić information content (AvgIpc) is 3.14. The van der Waals surface area contributed by atoms with Crippen LogP contribution in [0.3, 0.4) is 0 Å². The quantitative estimate of drug-likeness (QED) is 0.838. The van der Waals surface area contributed by atoms with Crippen molar-refractivity contribution < 1.29 is 14.7 Å². The first kappa shape index (κ1) is 12.9. The third-order valence-corrected chi connectivity index (χ3v) is 3.99. The number of aryl methyl sites for hydroxylation is 1. The van der Waals surface area contributed by atoms with Gasteiger partial charge in [0.25, 0.3) is 0 Å². The second-order valence-electron chi connectivity index (χ2n) is 4.99. The Morgan fingerprint density at radius 1 is 1.40 bits per heavy atom. The normalized spacial score (nSPS) is 21.1. The topological polar surface area (TPSA) is 92.2 Å². The summed E-state index contributed by atoms with van der Waals surface area (Å²) in [6.45, 7) is 0. The van der Waals surface area contributed by atoms with E-state index >= 15 is 0 Å². The molecule has 1 aliphatic carbocycles. The lowest BCUT2D eigenvalue weighted by atomic mass is 10.1. The van der Waals surface area contributed by atoms with E-state index < -0.39 is 17.8 Å². The van der Waals surface area contributed by atoms with E-state index in [-0.39, 0.29) is 16.5 Å². The van der Waals surface area contributed by atoms with Crippen molar-refractivity contribution in [2.45, 2.75) is 6.42 Å². The Balaban J connectivity index is 2.05. The molecule has 1 heterocycles. The van der Waals surface area contributed by atoms with E-state index in [9.17, 15) is 14.4 Å². The molecule has 1 aliphatic rings. The Morgan fingerprint density at radius 2 is 2.10 bits per heavy atom. The fraction of sp³-hybridized carbons (Fsp3) is 0.308. The fourth-order valence-corrected chi connectivity index (χ4v) is 2.66. The standard InChI is InChI=1S/C13H11ClN2O4/c1-16-9-3-5(2-8(14)10(9)15-13(16)20)11(17)6-4-7(6)12(18)19/h2-3,6-7H,4H2,1H3,(H,15,20)(H,18,19)/t6-,7-/m0/s1. The molecule has 1 aromatic carbocycles. The number of fused-ring (bicyclic) bond motifs is 1. The van der Waals surface area contributed by atoms with E-state index in [2.05, 4.69) is 4.98 Å². The molecule has 1 fully saturated rings. The number of carbonyl (C=O) groups is 2. The number of Topliss-reactive ketones (excluding diaryl/α,β-unsaturated/α-hetero) is 1. The van der Waals surface area contributed by atoms with Crippen LogP contribution in [0, 0.1) is 11.8 Å². The van der Waals surface area contributed by atoms with Gasteiger partial charge in [0.15, 0.2) is 5.78 Å². The number of nitrogens with zero attached hydrogens (tertiary/aromatic N) is 1. The summed E-state index contributed by atoms with van der Waals surface area (Å²) < 4.78 is 1.36. The summed E-state index contributed by atoms with van der Waals surface area (Å²) in [5, 5.41) is 9.14. The number of carbonyl (C=O) groups excluding carboxylic acids is 1. The van der Waals surface area contributed by atoms with E-state index in [0.717, 1.165) is 0 Å². The van der Waals surface area contributed by atoms with Crippen LogP contribution in [0.15, 0.2) is 16.9 Å². The number of aromatic amines is 1. The van der Waals surface area contributed by atoms with Crippen molar-refractivity contribution in [2.24, 2.45) is 18.9 Å². The largest absolute Gasteiger partial charge is 0.481 e. The smallest absolute Gasteiger partial charge is 0.326 e. The Morgan fingerprint density at radius 3 is 2.70 bits per heavy atom. The van der Waals surface area contributed by atoms with Gasteiger partial charge in [-0.25, -0.2) is 4.79 Å². The first-order valence-corrected chi connectivity index (χ1v) is 6.43. The van der Waals surface area contributed by atoms with Crippen molar-refractivity contribution >= 4 is 34.4 Å². The summed E-state index contributed by atoms with van der Waals surface area (Å²) in [7, 11) is 1.57. The molecule has 0 amide bonds. The van der Waals surface area contributed by atoms with Crippen LogP contribution in [0.25, 0.3) is 11.0 Å². The Labute approximate surface area is 118 Å². The lowest BCUT2D eigenvalue weighted by Crippen LogP contribution is -2.12. The maximum atomic E-state index is 12.2. The number of rotatable bonds is 3. The number of imidazole rings is 1. The van der Waals surface area contributed by atoms with Gasteiger partial charge in [-0.05, 0) is 18.6 Å². The van der Waals surface area contributed by atoms with E-state index in [1.807, 2.05) is 0 Å². The molecule has 6 nitrogen and oxygen atoms in total. The van der Waals surface area contributed by atoms with Crippen molar-refractivity contribution in [1.29, 1.82) is 0 Å². The number of hydrogen-bond acceptors (Lipinski definition) is 3. The number of H-pyrrole nitrogens is 1. The van der Waals surface area contributed by atoms with Crippen molar-refractivity contribution in [1.82, 2.24) is 9.55 Å². The van der Waals surface area contributed by atoms with Gasteiger partial charge in [-0.15, -0.1) is 0 Å². The molecule has 7 heteroatoms. The molecule has 2 aromatic rings. The third-order valence-electron chi connectivity index (χ3n) is 3.70. The van der Waals surface area contributed by atoms with Gasteiger partial charge in [-0.2, -0.15) is 0 Å². The zero-order valence-electron chi connectivity index (χ0n) is 10.5. The minimum absolute atomic E-state index is 0.241. The number of aliphatic carboxylic acids is 1. The van der Waals surface area contributed by atoms with Gasteiger partial charge in [0.1, 0.15) is 0 Å². The monoisotopic (exact) mass is 294 g/mol. The zero-order chi connectivity index (χ0) is 14.6. The molecule has 104 valence electrons. The number of benzene rings is 1. The summed E-state index contributed by atoms with van der Waals surface area (Å²) in [6, 6.07) is 3.04. The molecule has 0 bridgehead atoms. The minimum atomic E-state index is -0.954. The van der Waals surface area contributed by atoms with Crippen molar-refractivity contribution in [3.63, 3.8) is 0 Å². The van der Waals surface area contributed by atoms with Gasteiger partial charge in [-0.1, -0.05) is 11.6 Å². The molecule has 20 heavy (non-hydrogen) atoms. The predicted octanol–water partition coefficient (Wildman–Crippen LogP) is 1.42. The SMILES string of the molecule is Cn1c(=O)[nH]c2c(Cl)cc(C(=O)[C@H]3C[C@@H]3C(=O)O)cc21. The minimum Gasteiger partial charge on any atom is -0.481 e. The van der Waals surface area contributed by atoms with E-state index in [4.69, 9.17) is 16.7 Å². The molecule has 0 aliphatic heterocycles. The van der Waals surface area contributed by atoms with Crippen LogP contribution in [0.4, 0.5) is 0 Å². The second-order valence-corrected chi connectivity index (χ2v) is 5.40. The van der Waals surface area contributed by atoms with Crippen molar-refractivity contribution in [2.75, 3.05) is 0 Å². The average molecular weight is 295 g/mol. The van der Waals surface area contributed by atoms with Gasteiger partial charge in [0, 0.05) is 18.5 Å². The number of hydrogen-bond donors (Lipinski definition) is 2. The highest BCUT2D eigenvalue weighted by atomic mass is 35.5. The van der Waals surface area contributed by atoms with E-state index in [1.165, 1.54) is 10.6 Å². The van der Waals surface area contributed by atoms with Gasteiger partial charge >= 0.3 is 11.7 Å². The predicted molar refractivity (Wildman–Crippen MR) is 72.1 cm³/mol.